The second kappa shape index (κ2) is 9.42. The number of hydrogen-bond donors (Lipinski definition) is 0. The van der Waals surface area contributed by atoms with Crippen LogP contribution in [0.5, 0.6) is 5.75 Å². The van der Waals surface area contributed by atoms with E-state index in [0.29, 0.717) is 24.6 Å². The summed E-state index contributed by atoms with van der Waals surface area (Å²) in [4.78, 5) is 16.0. The number of furan rings is 1. The minimum Gasteiger partial charge on any atom is -0.494 e. The van der Waals surface area contributed by atoms with Crippen molar-refractivity contribution in [2.75, 3.05) is 11.5 Å². The number of amides is 1. The van der Waals surface area contributed by atoms with Crippen LogP contribution in [0.15, 0.2) is 98.6 Å². The predicted octanol–water partition coefficient (Wildman–Crippen LogP) is 5.42. The van der Waals surface area contributed by atoms with Crippen LogP contribution < -0.4 is 9.64 Å². The average Bonchev–Trinajstić information content (AvgIpc) is 3.51. The Morgan fingerprint density at radius 1 is 0.969 bits per heavy atom. The highest BCUT2D eigenvalue weighted by molar-refractivity contribution is 7.91. The Morgan fingerprint density at radius 3 is 2.38 bits per heavy atom. The van der Waals surface area contributed by atoms with Crippen LogP contribution in [-0.2, 0) is 16.4 Å². The van der Waals surface area contributed by atoms with Gasteiger partial charge in [0, 0.05) is 10.6 Å². The highest BCUT2D eigenvalue weighted by Crippen LogP contribution is 2.27. The van der Waals surface area contributed by atoms with E-state index in [1.54, 1.807) is 47.4 Å². The summed E-state index contributed by atoms with van der Waals surface area (Å²) in [6.45, 7) is 2.77. The lowest BCUT2D eigenvalue weighted by atomic mass is 10.2. The number of carbonyl (C=O) groups is 1. The third-order valence-corrected chi connectivity index (χ3v) is 7.21. The Labute approximate surface area is 190 Å². The molecule has 8 heteroatoms. The van der Waals surface area contributed by atoms with E-state index in [4.69, 9.17) is 9.15 Å². The number of ether oxygens (including phenoxy) is 1. The molecule has 1 amide bonds. The van der Waals surface area contributed by atoms with Crippen LogP contribution in [0.1, 0.15) is 22.4 Å². The van der Waals surface area contributed by atoms with Gasteiger partial charge in [0.15, 0.2) is 5.76 Å². The Bertz CT molecular complexity index is 1280. The van der Waals surface area contributed by atoms with Gasteiger partial charge in [0.05, 0.1) is 18.0 Å². The van der Waals surface area contributed by atoms with Gasteiger partial charge in [-0.2, -0.15) is 0 Å². The third-order valence-electron chi connectivity index (χ3n) is 4.71. The van der Waals surface area contributed by atoms with Crippen molar-refractivity contribution in [3.8, 4) is 5.75 Å². The third kappa shape index (κ3) is 4.61. The number of rotatable bonds is 8. The number of sulfone groups is 1. The molecule has 0 atom stereocenters. The number of benzene rings is 2. The monoisotopic (exact) mass is 467 g/mol. The molecule has 2 heterocycles. The average molecular weight is 468 g/mol. The molecule has 2 aromatic heterocycles. The van der Waals surface area contributed by atoms with Crippen LogP contribution in [0.25, 0.3) is 0 Å². The second-order valence-corrected chi connectivity index (χ2v) is 9.75. The molecule has 0 aliphatic rings. The van der Waals surface area contributed by atoms with Crippen LogP contribution in [0.2, 0.25) is 0 Å². The first kappa shape index (κ1) is 21.9. The highest BCUT2D eigenvalue weighted by atomic mass is 32.2. The van der Waals surface area contributed by atoms with Gasteiger partial charge in [0.25, 0.3) is 5.91 Å². The van der Waals surface area contributed by atoms with Gasteiger partial charge < -0.3 is 14.1 Å². The fraction of sp³-hybridized carbons (Fsp3) is 0.125. The van der Waals surface area contributed by atoms with Crippen molar-refractivity contribution < 1.29 is 22.4 Å². The zero-order valence-corrected chi connectivity index (χ0v) is 18.9. The minimum absolute atomic E-state index is 0.0510. The smallest absolute Gasteiger partial charge is 0.294 e. The summed E-state index contributed by atoms with van der Waals surface area (Å²) in [5.41, 5.74) is 0.649. The topological polar surface area (TPSA) is 76.8 Å². The van der Waals surface area contributed by atoms with E-state index in [0.717, 1.165) is 4.88 Å². The Morgan fingerprint density at radius 2 is 1.72 bits per heavy atom. The van der Waals surface area contributed by atoms with Gasteiger partial charge in [-0.1, -0.05) is 24.3 Å². The van der Waals surface area contributed by atoms with Gasteiger partial charge in [0.2, 0.25) is 14.9 Å². The van der Waals surface area contributed by atoms with E-state index < -0.39 is 15.7 Å². The molecule has 0 aliphatic carbocycles. The minimum atomic E-state index is -3.86. The van der Waals surface area contributed by atoms with E-state index in [2.05, 4.69) is 0 Å². The molecule has 0 saturated heterocycles. The summed E-state index contributed by atoms with van der Waals surface area (Å²) in [6, 6.07) is 21.7. The van der Waals surface area contributed by atoms with E-state index >= 15 is 0 Å². The zero-order chi connectivity index (χ0) is 22.6. The van der Waals surface area contributed by atoms with Crippen LogP contribution in [0, 0.1) is 0 Å². The normalized spacial score (nSPS) is 11.3. The molecule has 0 N–H and O–H groups in total. The first-order valence-electron chi connectivity index (χ1n) is 9.96. The molecule has 0 bridgehead atoms. The van der Waals surface area contributed by atoms with Crippen molar-refractivity contribution in [3.05, 3.63) is 94.9 Å². The molecule has 0 aliphatic heterocycles. The molecule has 164 valence electrons. The number of thiophene rings is 1. The summed E-state index contributed by atoms with van der Waals surface area (Å²) >= 11 is 1.53. The maximum atomic E-state index is 13.4. The lowest BCUT2D eigenvalue weighted by molar-refractivity contribution is 0.0953. The zero-order valence-electron chi connectivity index (χ0n) is 17.3. The molecular formula is C24H21NO5S2. The van der Waals surface area contributed by atoms with Crippen LogP contribution >= 0.6 is 11.3 Å². The van der Waals surface area contributed by atoms with Crippen molar-refractivity contribution in [1.82, 2.24) is 0 Å². The molecule has 0 fully saturated rings. The van der Waals surface area contributed by atoms with E-state index in [1.165, 1.54) is 35.6 Å². The van der Waals surface area contributed by atoms with Gasteiger partial charge in [0.1, 0.15) is 5.75 Å². The van der Waals surface area contributed by atoms with Crippen LogP contribution in [0.3, 0.4) is 0 Å². The lowest BCUT2D eigenvalue weighted by Crippen LogP contribution is -2.29. The molecule has 0 radical (unpaired) electrons. The van der Waals surface area contributed by atoms with Crippen molar-refractivity contribution in [1.29, 1.82) is 0 Å². The number of anilines is 1. The molecule has 0 saturated carbocycles. The van der Waals surface area contributed by atoms with Crippen molar-refractivity contribution in [2.24, 2.45) is 0 Å². The number of carbonyl (C=O) groups excluding carboxylic acids is 1. The predicted molar refractivity (Wildman–Crippen MR) is 123 cm³/mol. The molecule has 6 nitrogen and oxygen atoms in total. The van der Waals surface area contributed by atoms with Gasteiger partial charge in [-0.15, -0.1) is 11.3 Å². The quantitative estimate of drug-likeness (QED) is 0.346. The molecule has 32 heavy (non-hydrogen) atoms. The maximum Gasteiger partial charge on any atom is 0.294 e. The summed E-state index contributed by atoms with van der Waals surface area (Å²) < 4.78 is 36.7. The lowest BCUT2D eigenvalue weighted by Gasteiger charge is -2.21. The highest BCUT2D eigenvalue weighted by Gasteiger charge is 2.26. The van der Waals surface area contributed by atoms with Gasteiger partial charge in [-0.05, 0) is 66.9 Å². The van der Waals surface area contributed by atoms with Crippen LogP contribution in [0.4, 0.5) is 5.69 Å². The standard InChI is InChI=1S/C24H21NO5S2/c1-2-29-19-12-10-18(11-13-19)25(17-20-7-6-16-31-20)24(26)22-14-15-23(30-22)32(27,28)21-8-4-3-5-9-21/h3-16H,2,17H2,1H3. The second-order valence-electron chi connectivity index (χ2n) is 6.83. The summed E-state index contributed by atoms with van der Waals surface area (Å²) in [5, 5.41) is 1.67. The largest absolute Gasteiger partial charge is 0.494 e. The number of nitrogens with zero attached hydrogens (tertiary/aromatic N) is 1. The molecular weight excluding hydrogens is 446 g/mol. The molecule has 4 rings (SSSR count). The maximum absolute atomic E-state index is 13.4. The summed E-state index contributed by atoms with van der Waals surface area (Å²) in [5.74, 6) is 0.219. The van der Waals surface area contributed by atoms with E-state index in [1.807, 2.05) is 24.4 Å². The fourth-order valence-electron chi connectivity index (χ4n) is 3.16. The molecule has 0 unspecified atom stereocenters. The van der Waals surface area contributed by atoms with Gasteiger partial charge in [-0.3, -0.25) is 4.79 Å². The van der Waals surface area contributed by atoms with E-state index in [9.17, 15) is 13.2 Å². The molecule has 0 spiro atoms. The van der Waals surface area contributed by atoms with Crippen molar-refractivity contribution in [3.63, 3.8) is 0 Å². The first-order valence-corrected chi connectivity index (χ1v) is 12.3. The molecule has 2 aromatic carbocycles. The van der Waals surface area contributed by atoms with Crippen LogP contribution in [-0.4, -0.2) is 20.9 Å². The van der Waals surface area contributed by atoms with E-state index in [-0.39, 0.29) is 15.7 Å². The van der Waals surface area contributed by atoms with Gasteiger partial charge >= 0.3 is 0 Å². The fourth-order valence-corrected chi connectivity index (χ4v) is 5.04. The molecule has 4 aromatic rings. The van der Waals surface area contributed by atoms with Crippen molar-refractivity contribution in [2.45, 2.75) is 23.5 Å². The first-order chi connectivity index (χ1) is 15.5. The Balaban J connectivity index is 1.65. The SMILES string of the molecule is CCOc1ccc(N(Cc2cccs2)C(=O)c2ccc(S(=O)(=O)c3ccccc3)o2)cc1. The van der Waals surface area contributed by atoms with Gasteiger partial charge in [-0.25, -0.2) is 8.42 Å². The summed E-state index contributed by atoms with van der Waals surface area (Å²) in [7, 11) is -3.86. The van der Waals surface area contributed by atoms with Crippen molar-refractivity contribution >= 4 is 32.8 Å². The summed E-state index contributed by atoms with van der Waals surface area (Å²) in [6.07, 6.45) is 0. The Kier molecular flexibility index (Phi) is 6.43. The number of hydrogen-bond acceptors (Lipinski definition) is 6. The Hall–Kier alpha value is -3.36.